The van der Waals surface area contributed by atoms with E-state index in [1.54, 1.807) is 12.1 Å². The van der Waals surface area contributed by atoms with Gasteiger partial charge >= 0.3 is 0 Å². The zero-order chi connectivity index (χ0) is 22.4. The molecule has 0 aliphatic carbocycles. The average Bonchev–Trinajstić information content (AvgIpc) is 3.02. The van der Waals surface area contributed by atoms with E-state index in [1.165, 1.54) is 34.4 Å². The lowest BCUT2D eigenvalue weighted by molar-refractivity contribution is -0.254. The summed E-state index contributed by atoms with van der Waals surface area (Å²) >= 11 is 6.58. The van der Waals surface area contributed by atoms with Crippen LogP contribution in [0.3, 0.4) is 0 Å². The standard InChI is InChI=1S/C23H22N2O4S2/c1-2-15-9-11-16(12-10-15)14-19-21(27)25(23(30)31-19)13-5-8-20(26)24-18-7-4-3-6-17(18)22(28)29/h3-4,6-7,9-12,14H,2,5,8,13H2,1H3,(H,24,26)(H,28,29)/p-1/b19-14-. The monoisotopic (exact) mass is 453 g/mol. The number of thioether (sulfide) groups is 1. The highest BCUT2D eigenvalue weighted by Crippen LogP contribution is 2.32. The van der Waals surface area contributed by atoms with Gasteiger partial charge < -0.3 is 15.2 Å². The van der Waals surface area contributed by atoms with Crippen LogP contribution in [0.5, 0.6) is 0 Å². The quantitative estimate of drug-likeness (QED) is 0.488. The SMILES string of the molecule is CCc1ccc(/C=C2\SC(=S)N(CCCC(=O)Nc3ccccc3C(=O)[O-])C2=O)cc1. The first-order valence-electron chi connectivity index (χ1n) is 9.83. The van der Waals surface area contributed by atoms with Crippen molar-refractivity contribution in [3.05, 3.63) is 70.1 Å². The Morgan fingerprint density at radius 1 is 1.16 bits per heavy atom. The molecule has 0 aromatic heterocycles. The Morgan fingerprint density at radius 2 is 1.87 bits per heavy atom. The number of benzene rings is 2. The predicted octanol–water partition coefficient (Wildman–Crippen LogP) is 3.23. The second-order valence-electron chi connectivity index (χ2n) is 6.91. The molecular formula is C23H21N2O4S2-. The number of carboxylic acids is 1. The summed E-state index contributed by atoms with van der Waals surface area (Å²) in [5, 5.41) is 13.7. The van der Waals surface area contributed by atoms with Gasteiger partial charge in [-0.1, -0.05) is 73.4 Å². The van der Waals surface area contributed by atoms with Gasteiger partial charge in [-0.05, 0) is 36.1 Å². The van der Waals surface area contributed by atoms with Crippen molar-refractivity contribution in [1.29, 1.82) is 0 Å². The maximum atomic E-state index is 12.7. The first-order chi connectivity index (χ1) is 14.9. The molecule has 1 heterocycles. The maximum absolute atomic E-state index is 12.7. The van der Waals surface area contributed by atoms with Crippen LogP contribution in [0.25, 0.3) is 6.08 Å². The van der Waals surface area contributed by atoms with Gasteiger partial charge in [0.25, 0.3) is 5.91 Å². The molecule has 3 rings (SSSR count). The van der Waals surface area contributed by atoms with Crippen LogP contribution >= 0.6 is 24.0 Å². The summed E-state index contributed by atoms with van der Waals surface area (Å²) in [6, 6.07) is 14.1. The molecule has 2 aromatic carbocycles. The lowest BCUT2D eigenvalue weighted by Gasteiger charge is -2.15. The van der Waals surface area contributed by atoms with Gasteiger partial charge in [-0.25, -0.2) is 0 Å². The number of aryl methyl sites for hydroxylation is 1. The minimum atomic E-state index is -1.36. The molecule has 0 radical (unpaired) electrons. The number of nitrogens with zero attached hydrogens (tertiary/aromatic N) is 1. The van der Waals surface area contributed by atoms with E-state index in [-0.39, 0.29) is 29.5 Å². The Balaban J connectivity index is 1.55. The second-order valence-corrected chi connectivity index (χ2v) is 8.59. The fraction of sp³-hybridized carbons (Fsp3) is 0.217. The van der Waals surface area contributed by atoms with Gasteiger partial charge in [0.15, 0.2) is 0 Å². The van der Waals surface area contributed by atoms with Crippen molar-refractivity contribution in [2.24, 2.45) is 0 Å². The van der Waals surface area contributed by atoms with Crippen LogP contribution in [-0.4, -0.2) is 33.5 Å². The van der Waals surface area contributed by atoms with Crippen molar-refractivity contribution in [2.45, 2.75) is 26.2 Å². The number of amides is 2. The van der Waals surface area contributed by atoms with Crippen LogP contribution in [0.1, 0.15) is 41.3 Å². The molecule has 0 bridgehead atoms. The van der Waals surface area contributed by atoms with Crippen molar-refractivity contribution in [1.82, 2.24) is 4.90 Å². The third-order valence-corrected chi connectivity index (χ3v) is 6.14. The molecule has 0 unspecified atom stereocenters. The van der Waals surface area contributed by atoms with Crippen molar-refractivity contribution >= 4 is 57.8 Å². The molecule has 6 nitrogen and oxygen atoms in total. The molecule has 160 valence electrons. The molecule has 0 saturated carbocycles. The molecule has 0 spiro atoms. The third kappa shape index (κ3) is 5.80. The minimum Gasteiger partial charge on any atom is -0.545 e. The molecule has 2 aromatic rings. The van der Waals surface area contributed by atoms with Crippen LogP contribution in [0.4, 0.5) is 5.69 Å². The summed E-state index contributed by atoms with van der Waals surface area (Å²) in [5.41, 5.74) is 2.27. The van der Waals surface area contributed by atoms with E-state index in [1.807, 2.05) is 30.3 Å². The summed E-state index contributed by atoms with van der Waals surface area (Å²) in [7, 11) is 0. The molecule has 0 atom stereocenters. The maximum Gasteiger partial charge on any atom is 0.266 e. The van der Waals surface area contributed by atoms with Gasteiger partial charge in [0.05, 0.1) is 10.9 Å². The number of carbonyl (C=O) groups excluding carboxylic acids is 3. The zero-order valence-electron chi connectivity index (χ0n) is 16.9. The van der Waals surface area contributed by atoms with E-state index in [0.29, 0.717) is 22.2 Å². The Morgan fingerprint density at radius 3 is 2.55 bits per heavy atom. The summed E-state index contributed by atoms with van der Waals surface area (Å²) in [5.74, 6) is -1.87. The first kappa shape index (κ1) is 22.7. The number of carbonyl (C=O) groups is 3. The smallest absolute Gasteiger partial charge is 0.266 e. The van der Waals surface area contributed by atoms with Crippen molar-refractivity contribution < 1.29 is 19.5 Å². The molecule has 1 saturated heterocycles. The predicted molar refractivity (Wildman–Crippen MR) is 124 cm³/mol. The van der Waals surface area contributed by atoms with Crippen molar-refractivity contribution in [2.75, 3.05) is 11.9 Å². The van der Waals surface area contributed by atoms with Gasteiger partial charge in [-0.2, -0.15) is 0 Å². The normalized spacial score (nSPS) is 14.9. The van der Waals surface area contributed by atoms with Crippen LogP contribution in [0, 0.1) is 0 Å². The zero-order valence-corrected chi connectivity index (χ0v) is 18.6. The van der Waals surface area contributed by atoms with Gasteiger partial charge in [-0.15, -0.1) is 0 Å². The number of hydrogen-bond acceptors (Lipinski definition) is 6. The molecule has 1 aliphatic heterocycles. The highest BCUT2D eigenvalue weighted by Gasteiger charge is 2.31. The molecule has 31 heavy (non-hydrogen) atoms. The Bertz CT molecular complexity index is 1050. The summed E-state index contributed by atoms with van der Waals surface area (Å²) in [6.45, 7) is 2.40. The van der Waals surface area contributed by atoms with Gasteiger partial charge in [-0.3, -0.25) is 14.5 Å². The fourth-order valence-electron chi connectivity index (χ4n) is 3.07. The number of nitrogens with one attached hydrogen (secondary N) is 1. The van der Waals surface area contributed by atoms with E-state index < -0.39 is 5.97 Å². The third-order valence-electron chi connectivity index (χ3n) is 4.77. The number of para-hydroxylation sites is 1. The van der Waals surface area contributed by atoms with E-state index >= 15 is 0 Å². The number of carboxylic acid groups (broad SMARTS) is 1. The number of aromatic carboxylic acids is 1. The number of rotatable bonds is 8. The summed E-state index contributed by atoms with van der Waals surface area (Å²) < 4.78 is 0.462. The molecule has 1 N–H and O–H groups in total. The molecule has 2 amide bonds. The van der Waals surface area contributed by atoms with Gasteiger partial charge in [0.2, 0.25) is 5.91 Å². The van der Waals surface area contributed by atoms with E-state index in [4.69, 9.17) is 12.2 Å². The lowest BCUT2D eigenvalue weighted by Crippen LogP contribution is -2.30. The highest BCUT2D eigenvalue weighted by molar-refractivity contribution is 8.26. The number of thiocarbonyl (C=S) groups is 1. The van der Waals surface area contributed by atoms with Gasteiger partial charge in [0, 0.05) is 24.2 Å². The van der Waals surface area contributed by atoms with Crippen LogP contribution in [0.15, 0.2) is 53.4 Å². The van der Waals surface area contributed by atoms with Crippen LogP contribution in [0.2, 0.25) is 0 Å². The van der Waals surface area contributed by atoms with E-state index in [0.717, 1.165) is 12.0 Å². The van der Waals surface area contributed by atoms with E-state index in [2.05, 4.69) is 12.2 Å². The summed E-state index contributed by atoms with van der Waals surface area (Å²) in [6.07, 6.45) is 3.29. The van der Waals surface area contributed by atoms with Crippen molar-refractivity contribution in [3.63, 3.8) is 0 Å². The minimum absolute atomic E-state index is 0.0788. The fourth-order valence-corrected chi connectivity index (χ4v) is 4.38. The first-order valence-corrected chi connectivity index (χ1v) is 11.1. The Labute approximate surface area is 190 Å². The average molecular weight is 454 g/mol. The highest BCUT2D eigenvalue weighted by atomic mass is 32.2. The van der Waals surface area contributed by atoms with E-state index in [9.17, 15) is 19.5 Å². The lowest BCUT2D eigenvalue weighted by atomic mass is 10.1. The topological polar surface area (TPSA) is 89.5 Å². The molecule has 1 fully saturated rings. The summed E-state index contributed by atoms with van der Waals surface area (Å²) in [4.78, 5) is 38.1. The Kier molecular flexibility index (Phi) is 7.59. The molecular weight excluding hydrogens is 432 g/mol. The second kappa shape index (κ2) is 10.4. The number of hydrogen-bond donors (Lipinski definition) is 1. The largest absolute Gasteiger partial charge is 0.545 e. The molecule has 1 aliphatic rings. The van der Waals surface area contributed by atoms with Crippen LogP contribution < -0.4 is 10.4 Å². The number of anilines is 1. The molecule has 8 heteroatoms. The van der Waals surface area contributed by atoms with Crippen molar-refractivity contribution in [3.8, 4) is 0 Å². The van der Waals surface area contributed by atoms with Gasteiger partial charge in [0.1, 0.15) is 4.32 Å². The Hall–Kier alpha value is -2.97. The van der Waals surface area contributed by atoms with Crippen LogP contribution in [-0.2, 0) is 16.0 Å².